The SMILES string of the molecule is Cc1c(Cl)cccc1NC(=O)CNC(=O)[C@H]1COc2ccccc2C1. The number of rotatable bonds is 4. The van der Waals surface area contributed by atoms with Gasteiger partial charge in [0.05, 0.1) is 12.5 Å². The zero-order chi connectivity index (χ0) is 17.8. The van der Waals surface area contributed by atoms with E-state index in [0.29, 0.717) is 23.7 Å². The number of hydrogen-bond donors (Lipinski definition) is 2. The molecule has 0 radical (unpaired) electrons. The Morgan fingerprint density at radius 1 is 1.20 bits per heavy atom. The number of nitrogens with one attached hydrogen (secondary N) is 2. The van der Waals surface area contributed by atoms with Crippen molar-refractivity contribution >= 4 is 29.1 Å². The van der Waals surface area contributed by atoms with Gasteiger partial charge in [-0.25, -0.2) is 0 Å². The second-order valence-corrected chi connectivity index (χ2v) is 6.41. The van der Waals surface area contributed by atoms with Crippen LogP contribution < -0.4 is 15.4 Å². The first-order valence-electron chi connectivity index (χ1n) is 8.08. The van der Waals surface area contributed by atoms with Crippen LogP contribution in [0.3, 0.4) is 0 Å². The lowest BCUT2D eigenvalue weighted by atomic mass is 9.96. The van der Waals surface area contributed by atoms with Crippen molar-refractivity contribution in [3.05, 3.63) is 58.6 Å². The normalized spacial score (nSPS) is 15.7. The first-order chi connectivity index (χ1) is 12.0. The van der Waals surface area contributed by atoms with Crippen molar-refractivity contribution in [2.45, 2.75) is 13.3 Å². The zero-order valence-electron chi connectivity index (χ0n) is 13.8. The molecule has 0 saturated heterocycles. The van der Waals surface area contributed by atoms with Crippen molar-refractivity contribution < 1.29 is 14.3 Å². The molecule has 1 aliphatic rings. The minimum atomic E-state index is -0.296. The summed E-state index contributed by atoms with van der Waals surface area (Å²) in [5.74, 6) is 0.0413. The van der Waals surface area contributed by atoms with Gasteiger partial charge in [-0.2, -0.15) is 0 Å². The molecule has 0 fully saturated rings. The molecule has 0 saturated carbocycles. The Kier molecular flexibility index (Phi) is 5.24. The van der Waals surface area contributed by atoms with Crippen LogP contribution in [0.4, 0.5) is 5.69 Å². The van der Waals surface area contributed by atoms with E-state index in [1.165, 1.54) is 0 Å². The van der Waals surface area contributed by atoms with Gasteiger partial charge in [-0.3, -0.25) is 9.59 Å². The number of benzene rings is 2. The first kappa shape index (κ1) is 17.3. The zero-order valence-corrected chi connectivity index (χ0v) is 14.6. The molecule has 0 spiro atoms. The van der Waals surface area contributed by atoms with Crippen LogP contribution in [-0.4, -0.2) is 25.0 Å². The smallest absolute Gasteiger partial charge is 0.243 e. The van der Waals surface area contributed by atoms with E-state index < -0.39 is 0 Å². The number of anilines is 1. The predicted octanol–water partition coefficient (Wildman–Crippen LogP) is 2.95. The summed E-state index contributed by atoms with van der Waals surface area (Å²) in [4.78, 5) is 24.4. The first-order valence-corrected chi connectivity index (χ1v) is 8.46. The Morgan fingerprint density at radius 2 is 2.00 bits per heavy atom. The van der Waals surface area contributed by atoms with Gasteiger partial charge in [0.1, 0.15) is 12.4 Å². The van der Waals surface area contributed by atoms with Crippen molar-refractivity contribution in [3.63, 3.8) is 0 Å². The van der Waals surface area contributed by atoms with Gasteiger partial charge in [-0.15, -0.1) is 0 Å². The highest BCUT2D eigenvalue weighted by Gasteiger charge is 2.25. The molecule has 130 valence electrons. The van der Waals surface area contributed by atoms with E-state index in [1.54, 1.807) is 18.2 Å². The highest BCUT2D eigenvalue weighted by molar-refractivity contribution is 6.31. The number of fused-ring (bicyclic) bond motifs is 1. The molecule has 1 atom stereocenters. The maximum Gasteiger partial charge on any atom is 0.243 e. The van der Waals surface area contributed by atoms with Gasteiger partial charge in [0.2, 0.25) is 11.8 Å². The Morgan fingerprint density at radius 3 is 2.84 bits per heavy atom. The van der Waals surface area contributed by atoms with Gasteiger partial charge in [0, 0.05) is 10.7 Å². The average Bonchev–Trinajstić information content (AvgIpc) is 2.63. The Hall–Kier alpha value is -2.53. The van der Waals surface area contributed by atoms with Gasteiger partial charge in [-0.05, 0) is 42.7 Å². The standard InChI is InChI=1S/C19H19ClN2O3/c1-12-15(20)6-4-7-16(12)22-18(23)10-21-19(24)14-9-13-5-2-3-8-17(13)25-11-14/h2-8,14H,9-11H2,1H3,(H,21,24)(H,22,23)/t14-/m1/s1. The number of ether oxygens (including phenoxy) is 1. The molecular formula is C19H19ClN2O3. The third kappa shape index (κ3) is 4.12. The van der Waals surface area contributed by atoms with E-state index >= 15 is 0 Å². The largest absolute Gasteiger partial charge is 0.492 e. The molecule has 5 nitrogen and oxygen atoms in total. The lowest BCUT2D eigenvalue weighted by Gasteiger charge is -2.24. The fourth-order valence-electron chi connectivity index (χ4n) is 2.75. The third-order valence-corrected chi connectivity index (χ3v) is 4.62. The van der Waals surface area contributed by atoms with Crippen LogP contribution in [0.15, 0.2) is 42.5 Å². The third-order valence-electron chi connectivity index (χ3n) is 4.21. The van der Waals surface area contributed by atoms with Crippen molar-refractivity contribution in [2.75, 3.05) is 18.5 Å². The van der Waals surface area contributed by atoms with Crippen molar-refractivity contribution in [2.24, 2.45) is 5.92 Å². The van der Waals surface area contributed by atoms with Gasteiger partial charge in [0.15, 0.2) is 0 Å². The fraction of sp³-hybridized carbons (Fsp3) is 0.263. The summed E-state index contributed by atoms with van der Waals surface area (Å²) in [7, 11) is 0. The maximum absolute atomic E-state index is 12.3. The number of hydrogen-bond acceptors (Lipinski definition) is 3. The molecule has 25 heavy (non-hydrogen) atoms. The lowest BCUT2D eigenvalue weighted by molar-refractivity contribution is -0.128. The summed E-state index contributed by atoms with van der Waals surface area (Å²) in [5.41, 5.74) is 2.44. The highest BCUT2D eigenvalue weighted by atomic mass is 35.5. The van der Waals surface area contributed by atoms with E-state index in [0.717, 1.165) is 16.9 Å². The monoisotopic (exact) mass is 358 g/mol. The van der Waals surface area contributed by atoms with E-state index in [1.807, 2.05) is 31.2 Å². The number of carbonyl (C=O) groups excluding carboxylic acids is 2. The van der Waals surface area contributed by atoms with Crippen LogP contribution in [0.2, 0.25) is 5.02 Å². The number of amides is 2. The van der Waals surface area contributed by atoms with Crippen molar-refractivity contribution in [1.82, 2.24) is 5.32 Å². The molecule has 0 aliphatic carbocycles. The summed E-state index contributed by atoms with van der Waals surface area (Å²) < 4.78 is 5.61. The second-order valence-electron chi connectivity index (χ2n) is 6.00. The quantitative estimate of drug-likeness (QED) is 0.883. The molecule has 2 N–H and O–H groups in total. The molecule has 1 heterocycles. The van der Waals surface area contributed by atoms with Gasteiger partial charge < -0.3 is 15.4 Å². The summed E-state index contributed by atoms with van der Waals surface area (Å²) >= 11 is 6.03. The Bertz CT molecular complexity index is 807. The van der Waals surface area contributed by atoms with E-state index in [-0.39, 0.29) is 24.3 Å². The van der Waals surface area contributed by atoms with Crippen LogP contribution in [0, 0.1) is 12.8 Å². The Labute approximate surface area is 151 Å². The van der Waals surface area contributed by atoms with Gasteiger partial charge in [-0.1, -0.05) is 35.9 Å². The molecule has 0 unspecified atom stereocenters. The van der Waals surface area contributed by atoms with Crippen LogP contribution >= 0.6 is 11.6 Å². The summed E-state index contributed by atoms with van der Waals surface area (Å²) in [6, 6.07) is 13.0. The summed E-state index contributed by atoms with van der Waals surface area (Å²) in [6.07, 6.45) is 0.608. The molecule has 1 aliphatic heterocycles. The summed E-state index contributed by atoms with van der Waals surface area (Å²) in [6.45, 7) is 2.05. The maximum atomic E-state index is 12.3. The minimum absolute atomic E-state index is 0.0943. The molecule has 0 aromatic heterocycles. The molecule has 2 aromatic carbocycles. The van der Waals surface area contributed by atoms with Crippen LogP contribution in [0.5, 0.6) is 5.75 Å². The lowest BCUT2D eigenvalue weighted by Crippen LogP contribution is -2.40. The number of carbonyl (C=O) groups is 2. The molecule has 0 bridgehead atoms. The van der Waals surface area contributed by atoms with Crippen molar-refractivity contribution in [3.8, 4) is 5.75 Å². The van der Waals surface area contributed by atoms with Crippen LogP contribution in [0.25, 0.3) is 0 Å². The number of para-hydroxylation sites is 1. The molecule has 2 amide bonds. The molecule has 2 aromatic rings. The Balaban J connectivity index is 1.52. The topological polar surface area (TPSA) is 67.4 Å². The van der Waals surface area contributed by atoms with Gasteiger partial charge in [0.25, 0.3) is 0 Å². The summed E-state index contributed by atoms with van der Waals surface area (Å²) in [5, 5.41) is 6.01. The molecule has 3 rings (SSSR count). The molecule has 6 heteroatoms. The highest BCUT2D eigenvalue weighted by Crippen LogP contribution is 2.27. The minimum Gasteiger partial charge on any atom is -0.492 e. The average molecular weight is 359 g/mol. The van der Waals surface area contributed by atoms with Crippen LogP contribution in [-0.2, 0) is 16.0 Å². The van der Waals surface area contributed by atoms with E-state index in [9.17, 15) is 9.59 Å². The van der Waals surface area contributed by atoms with E-state index in [2.05, 4.69) is 10.6 Å². The van der Waals surface area contributed by atoms with Crippen LogP contribution in [0.1, 0.15) is 11.1 Å². The van der Waals surface area contributed by atoms with Crippen molar-refractivity contribution in [1.29, 1.82) is 0 Å². The van der Waals surface area contributed by atoms with Gasteiger partial charge >= 0.3 is 0 Å². The fourth-order valence-corrected chi connectivity index (χ4v) is 2.92. The molecular weight excluding hydrogens is 340 g/mol. The second kappa shape index (κ2) is 7.57. The van der Waals surface area contributed by atoms with E-state index in [4.69, 9.17) is 16.3 Å². The number of halogens is 1. The predicted molar refractivity (Wildman–Crippen MR) is 97.0 cm³/mol.